The monoisotopic (exact) mass is 642 g/mol. The third-order valence-corrected chi connectivity index (χ3v) is 9.31. The lowest BCUT2D eigenvalue weighted by atomic mass is 10.0. The van der Waals surface area contributed by atoms with Crippen molar-refractivity contribution in [3.05, 3.63) is 74.4 Å². The van der Waals surface area contributed by atoms with Crippen molar-refractivity contribution in [3.63, 3.8) is 0 Å². The molecule has 1 unspecified atom stereocenters. The van der Waals surface area contributed by atoms with Crippen LogP contribution >= 0.6 is 11.6 Å². The van der Waals surface area contributed by atoms with E-state index in [-0.39, 0.29) is 31.9 Å². The Bertz CT molecular complexity index is 1610. The molecular weight excluding hydrogens is 613 g/mol. The van der Waals surface area contributed by atoms with E-state index in [4.69, 9.17) is 11.6 Å². The van der Waals surface area contributed by atoms with E-state index in [1.807, 2.05) is 9.80 Å². The highest BCUT2D eigenvalue weighted by Crippen LogP contribution is 2.37. The molecule has 43 heavy (non-hydrogen) atoms. The molecule has 2 aliphatic heterocycles. The third-order valence-electron chi connectivity index (χ3n) is 7.76. The molecule has 5 rings (SSSR count). The number of benzene rings is 2. The molecule has 3 aromatic rings. The number of aliphatic hydroxyl groups is 1. The number of hydrogen-bond acceptors (Lipinski definition) is 8. The molecule has 0 spiro atoms. The molecule has 0 bridgehead atoms. The van der Waals surface area contributed by atoms with E-state index >= 15 is 0 Å². The van der Waals surface area contributed by atoms with Crippen molar-refractivity contribution in [1.29, 1.82) is 0 Å². The highest BCUT2D eigenvalue weighted by Gasteiger charge is 2.33. The number of piperazine rings is 1. The number of anilines is 1. The second-order valence-corrected chi connectivity index (χ2v) is 13.1. The average molecular weight is 643 g/mol. The number of nitro groups is 1. The van der Waals surface area contributed by atoms with E-state index in [0.717, 1.165) is 24.1 Å². The Morgan fingerprint density at radius 2 is 1.74 bits per heavy atom. The smallest absolute Gasteiger partial charge is 0.390 e. The van der Waals surface area contributed by atoms with Crippen LogP contribution in [0, 0.1) is 10.1 Å². The van der Waals surface area contributed by atoms with Gasteiger partial charge in [0.25, 0.3) is 5.69 Å². The molecule has 1 aromatic heterocycles. The number of fused-ring (bicyclic) bond motifs is 1. The lowest BCUT2D eigenvalue weighted by Crippen LogP contribution is -2.49. The van der Waals surface area contributed by atoms with Crippen LogP contribution in [0.3, 0.4) is 0 Å². The Morgan fingerprint density at radius 1 is 1.07 bits per heavy atom. The second-order valence-electron chi connectivity index (χ2n) is 10.7. The minimum atomic E-state index is -4.50. The fraction of sp³-hybridized carbons (Fsp3) is 0.444. The standard InChI is InChI=1S/C27H30ClF3N6O5S/c1-43(41,42)35-10-9-23-21(17-35)25(18-5-7-19(8-6-18)27(29,30)31)32-36(23)16-20(38)15-33-11-13-34(14-12-33)26-22(28)3-2-4-24(26)37(39)40/h2-8,20,38H,9-17H2,1H3. The summed E-state index contributed by atoms with van der Waals surface area (Å²) in [6.07, 6.45) is -3.92. The number of rotatable bonds is 8. The molecule has 0 amide bonds. The molecular formula is C27H30ClF3N6O5S. The van der Waals surface area contributed by atoms with Gasteiger partial charge in [0.1, 0.15) is 5.69 Å². The SMILES string of the molecule is CS(=O)(=O)N1CCc2c(c(-c3ccc(C(F)(F)F)cc3)nn2CC(O)CN2CCN(c3c(Cl)cccc3[N+](=O)[O-])CC2)C1. The van der Waals surface area contributed by atoms with Gasteiger partial charge in [0, 0.05) is 75.1 Å². The van der Waals surface area contributed by atoms with Gasteiger partial charge in [0.2, 0.25) is 10.0 Å². The van der Waals surface area contributed by atoms with Crippen molar-refractivity contribution in [1.82, 2.24) is 19.0 Å². The van der Waals surface area contributed by atoms with Crippen LogP contribution in [-0.4, -0.2) is 89.1 Å². The zero-order valence-corrected chi connectivity index (χ0v) is 24.7. The summed E-state index contributed by atoms with van der Waals surface area (Å²) in [6, 6.07) is 9.11. The molecule has 2 aromatic carbocycles. The number of aromatic nitrogens is 2. The van der Waals surface area contributed by atoms with E-state index in [2.05, 4.69) is 5.10 Å². The van der Waals surface area contributed by atoms with E-state index in [0.29, 0.717) is 60.1 Å². The molecule has 0 radical (unpaired) electrons. The minimum absolute atomic E-state index is 0.0246. The zero-order chi connectivity index (χ0) is 31.1. The van der Waals surface area contributed by atoms with Crippen LogP contribution in [-0.2, 0) is 35.7 Å². The Hall–Kier alpha value is -3.24. The summed E-state index contributed by atoms with van der Waals surface area (Å²) < 4.78 is 66.9. The first-order valence-corrected chi connectivity index (χ1v) is 15.7. The number of nitro benzene ring substituents is 1. The zero-order valence-electron chi connectivity index (χ0n) is 23.2. The second kappa shape index (κ2) is 12.0. The summed E-state index contributed by atoms with van der Waals surface area (Å²) in [5, 5.41) is 27.5. The maximum atomic E-state index is 13.1. The Kier molecular flexibility index (Phi) is 8.73. The summed E-state index contributed by atoms with van der Waals surface area (Å²) in [7, 11) is -3.52. The first-order chi connectivity index (χ1) is 20.2. The number of para-hydroxylation sites is 1. The maximum Gasteiger partial charge on any atom is 0.416 e. The maximum absolute atomic E-state index is 13.1. The molecule has 1 atom stereocenters. The lowest BCUT2D eigenvalue weighted by molar-refractivity contribution is -0.384. The number of aliphatic hydroxyl groups excluding tert-OH is 1. The van der Waals surface area contributed by atoms with E-state index in [1.165, 1.54) is 28.6 Å². The van der Waals surface area contributed by atoms with Crippen molar-refractivity contribution < 1.29 is 31.6 Å². The van der Waals surface area contributed by atoms with Gasteiger partial charge in [0.05, 0.1) is 40.1 Å². The normalized spacial score (nSPS) is 17.6. The number of nitrogens with zero attached hydrogens (tertiary/aromatic N) is 6. The molecule has 11 nitrogen and oxygen atoms in total. The van der Waals surface area contributed by atoms with Crippen LogP contribution in [0.2, 0.25) is 5.02 Å². The van der Waals surface area contributed by atoms with Gasteiger partial charge in [-0.1, -0.05) is 29.8 Å². The molecule has 232 valence electrons. The number of hydrogen-bond donors (Lipinski definition) is 1. The van der Waals surface area contributed by atoms with Crippen LogP contribution < -0.4 is 4.90 Å². The first-order valence-electron chi connectivity index (χ1n) is 13.5. The fourth-order valence-corrected chi connectivity index (χ4v) is 6.70. The predicted molar refractivity (Wildman–Crippen MR) is 154 cm³/mol. The summed E-state index contributed by atoms with van der Waals surface area (Å²) in [5.41, 5.74) is 1.61. The Balaban J connectivity index is 1.31. The van der Waals surface area contributed by atoms with Crippen molar-refractivity contribution in [2.75, 3.05) is 50.4 Å². The van der Waals surface area contributed by atoms with Gasteiger partial charge in [-0.15, -0.1) is 0 Å². The number of β-amino-alcohol motifs (C(OH)–C–C–N with tert-alkyl or cyclic N) is 1. The third kappa shape index (κ3) is 6.80. The highest BCUT2D eigenvalue weighted by atomic mass is 35.5. The largest absolute Gasteiger partial charge is 0.416 e. The van der Waals surface area contributed by atoms with Crippen LogP contribution in [0.4, 0.5) is 24.5 Å². The number of halogens is 4. The molecule has 1 fully saturated rings. The van der Waals surface area contributed by atoms with Crippen molar-refractivity contribution >= 4 is 33.0 Å². The Labute approximate surface area is 251 Å². The fourth-order valence-electron chi connectivity index (χ4n) is 5.62. The number of sulfonamides is 1. The van der Waals surface area contributed by atoms with Gasteiger partial charge in [-0.2, -0.15) is 22.6 Å². The molecule has 1 N–H and O–H groups in total. The van der Waals surface area contributed by atoms with Crippen molar-refractivity contribution in [2.45, 2.75) is 31.8 Å². The molecule has 16 heteroatoms. The van der Waals surface area contributed by atoms with Crippen LogP contribution in [0.25, 0.3) is 11.3 Å². The Morgan fingerprint density at radius 3 is 2.35 bits per heavy atom. The highest BCUT2D eigenvalue weighted by molar-refractivity contribution is 7.88. The summed E-state index contributed by atoms with van der Waals surface area (Å²) in [6.45, 7) is 2.61. The molecule has 0 aliphatic carbocycles. The molecule has 3 heterocycles. The molecule has 2 aliphatic rings. The quantitative estimate of drug-likeness (QED) is 0.292. The van der Waals surface area contributed by atoms with Gasteiger partial charge >= 0.3 is 6.18 Å². The van der Waals surface area contributed by atoms with Crippen LogP contribution in [0.5, 0.6) is 0 Å². The summed E-state index contributed by atoms with van der Waals surface area (Å²) in [4.78, 5) is 14.9. The van der Waals surface area contributed by atoms with Gasteiger partial charge in [-0.05, 0) is 18.2 Å². The van der Waals surface area contributed by atoms with Gasteiger partial charge in [0.15, 0.2) is 0 Å². The minimum Gasteiger partial charge on any atom is -0.390 e. The average Bonchev–Trinajstić information content (AvgIpc) is 3.30. The van der Waals surface area contributed by atoms with Gasteiger partial charge in [-0.25, -0.2) is 8.42 Å². The summed E-state index contributed by atoms with van der Waals surface area (Å²) in [5.74, 6) is 0. The molecule has 1 saturated heterocycles. The molecule has 0 saturated carbocycles. The van der Waals surface area contributed by atoms with Crippen molar-refractivity contribution in [3.8, 4) is 11.3 Å². The van der Waals surface area contributed by atoms with Crippen molar-refractivity contribution in [2.24, 2.45) is 0 Å². The van der Waals surface area contributed by atoms with Gasteiger partial charge < -0.3 is 10.0 Å². The van der Waals surface area contributed by atoms with E-state index in [9.17, 15) is 36.8 Å². The summed E-state index contributed by atoms with van der Waals surface area (Å²) >= 11 is 6.29. The number of alkyl halides is 3. The van der Waals surface area contributed by atoms with Crippen LogP contribution in [0.1, 0.15) is 16.8 Å². The van der Waals surface area contributed by atoms with Gasteiger partial charge in [-0.3, -0.25) is 19.7 Å². The topological polar surface area (TPSA) is 125 Å². The van der Waals surface area contributed by atoms with E-state index < -0.39 is 32.8 Å². The van der Waals surface area contributed by atoms with Crippen LogP contribution in [0.15, 0.2) is 42.5 Å². The van der Waals surface area contributed by atoms with E-state index in [1.54, 1.807) is 10.7 Å². The predicted octanol–water partition coefficient (Wildman–Crippen LogP) is 3.63. The first kappa shape index (κ1) is 31.2. The lowest BCUT2D eigenvalue weighted by Gasteiger charge is -2.37.